The van der Waals surface area contributed by atoms with Crippen molar-refractivity contribution >= 4 is 34.9 Å². The Morgan fingerprint density at radius 1 is 1.08 bits per heavy atom. The molecule has 1 saturated heterocycles. The summed E-state index contributed by atoms with van der Waals surface area (Å²) in [5.74, 6) is 0.556. The van der Waals surface area contributed by atoms with Crippen LogP contribution in [0.2, 0.25) is 10.0 Å². The molecule has 2 aliphatic heterocycles. The minimum Gasteiger partial charge on any atom is -0.497 e. The lowest BCUT2D eigenvalue weighted by Gasteiger charge is -2.34. The van der Waals surface area contributed by atoms with Crippen molar-refractivity contribution in [1.82, 2.24) is 14.7 Å². The molecule has 0 saturated carbocycles. The fourth-order valence-corrected chi connectivity index (χ4v) is 5.32. The third-order valence-corrected chi connectivity index (χ3v) is 7.51. The van der Waals surface area contributed by atoms with Crippen LogP contribution in [0, 0.1) is 0 Å². The van der Waals surface area contributed by atoms with Crippen molar-refractivity contribution in [3.63, 3.8) is 0 Å². The zero-order chi connectivity index (χ0) is 26.5. The summed E-state index contributed by atoms with van der Waals surface area (Å²) in [5, 5.41) is 7.34. The summed E-state index contributed by atoms with van der Waals surface area (Å²) in [4.78, 5) is 15.9. The van der Waals surface area contributed by atoms with Crippen molar-refractivity contribution in [3.05, 3.63) is 86.7 Å². The summed E-state index contributed by atoms with van der Waals surface area (Å²) in [6, 6.07) is 12.1. The minimum absolute atomic E-state index is 0.130. The maximum Gasteiger partial charge on any atom is 0.435 e. The maximum atomic E-state index is 14.1. The number of hydrogen-bond acceptors (Lipinski definition) is 4. The number of hydrogen-bond donors (Lipinski definition) is 1. The molecule has 3 heterocycles. The number of carbonyl (C=O) groups is 1. The summed E-state index contributed by atoms with van der Waals surface area (Å²) in [7, 11) is 1.59. The summed E-state index contributed by atoms with van der Waals surface area (Å²) >= 11 is 12.4. The molecule has 0 spiro atoms. The Bertz CT molecular complexity index is 1390. The SMILES string of the molecule is COc1ccc(C2CCCN2C(=O)C2=C(C)Nc3cc(C(F)(F)F)nn3C2c2ccc(Cl)c(Cl)c2)cc1. The number of methoxy groups -OCH3 is 1. The monoisotopic (exact) mass is 550 g/mol. The third-order valence-electron chi connectivity index (χ3n) is 6.77. The molecule has 0 aliphatic carbocycles. The lowest BCUT2D eigenvalue weighted by molar-refractivity contribution is -0.141. The number of nitrogens with zero attached hydrogens (tertiary/aromatic N) is 3. The smallest absolute Gasteiger partial charge is 0.435 e. The fraction of sp³-hybridized carbons (Fsp3) is 0.308. The van der Waals surface area contributed by atoms with Gasteiger partial charge in [0, 0.05) is 18.3 Å². The molecule has 194 valence electrons. The van der Waals surface area contributed by atoms with Gasteiger partial charge in [-0.3, -0.25) is 4.79 Å². The van der Waals surface area contributed by atoms with Crippen LogP contribution in [0.15, 0.2) is 59.8 Å². The highest BCUT2D eigenvalue weighted by molar-refractivity contribution is 6.42. The molecule has 1 aromatic heterocycles. The Kier molecular flexibility index (Phi) is 6.62. The highest BCUT2D eigenvalue weighted by atomic mass is 35.5. The average molecular weight is 551 g/mol. The Labute approximate surface area is 221 Å². The van der Waals surface area contributed by atoms with Gasteiger partial charge in [0.05, 0.1) is 28.8 Å². The molecule has 2 unspecified atom stereocenters. The van der Waals surface area contributed by atoms with E-state index in [2.05, 4.69) is 10.4 Å². The second kappa shape index (κ2) is 9.61. The van der Waals surface area contributed by atoms with E-state index < -0.39 is 17.9 Å². The van der Waals surface area contributed by atoms with Gasteiger partial charge in [0.1, 0.15) is 17.6 Å². The molecule has 3 aromatic rings. The van der Waals surface area contributed by atoms with Gasteiger partial charge in [0.2, 0.25) is 0 Å². The van der Waals surface area contributed by atoms with E-state index in [4.69, 9.17) is 27.9 Å². The molecule has 1 fully saturated rings. The molecule has 2 aliphatic rings. The van der Waals surface area contributed by atoms with Gasteiger partial charge < -0.3 is 15.0 Å². The number of ether oxygens (including phenoxy) is 1. The molecule has 37 heavy (non-hydrogen) atoms. The van der Waals surface area contributed by atoms with E-state index in [1.54, 1.807) is 37.1 Å². The molecule has 2 atom stereocenters. The van der Waals surface area contributed by atoms with Gasteiger partial charge >= 0.3 is 6.18 Å². The topological polar surface area (TPSA) is 59.4 Å². The largest absolute Gasteiger partial charge is 0.497 e. The molecule has 2 aromatic carbocycles. The van der Waals surface area contributed by atoms with Crippen molar-refractivity contribution in [3.8, 4) is 5.75 Å². The van der Waals surface area contributed by atoms with Gasteiger partial charge in [-0.25, -0.2) is 4.68 Å². The molecule has 1 amide bonds. The minimum atomic E-state index is -4.65. The quantitative estimate of drug-likeness (QED) is 0.385. The molecular weight excluding hydrogens is 528 g/mol. The van der Waals surface area contributed by atoms with Gasteiger partial charge in [-0.05, 0) is 55.2 Å². The van der Waals surface area contributed by atoms with E-state index in [0.29, 0.717) is 34.2 Å². The van der Waals surface area contributed by atoms with Gasteiger partial charge in [-0.15, -0.1) is 0 Å². The molecule has 1 N–H and O–H groups in total. The van der Waals surface area contributed by atoms with E-state index >= 15 is 0 Å². The number of rotatable bonds is 4. The van der Waals surface area contributed by atoms with Crippen molar-refractivity contribution in [2.24, 2.45) is 0 Å². The number of aromatic nitrogens is 2. The van der Waals surface area contributed by atoms with Crippen LogP contribution in [-0.2, 0) is 11.0 Å². The van der Waals surface area contributed by atoms with E-state index in [9.17, 15) is 18.0 Å². The molecule has 6 nitrogen and oxygen atoms in total. The predicted molar refractivity (Wildman–Crippen MR) is 135 cm³/mol. The van der Waals surface area contributed by atoms with E-state index in [0.717, 1.165) is 24.5 Å². The Balaban J connectivity index is 1.59. The number of nitrogens with one attached hydrogen (secondary N) is 1. The van der Waals surface area contributed by atoms with Gasteiger partial charge in [-0.2, -0.15) is 18.3 Å². The van der Waals surface area contributed by atoms with Crippen molar-refractivity contribution in [1.29, 1.82) is 0 Å². The highest BCUT2D eigenvalue weighted by Crippen LogP contribution is 2.43. The van der Waals surface area contributed by atoms with Crippen LogP contribution >= 0.6 is 23.2 Å². The maximum absolute atomic E-state index is 14.1. The van der Waals surface area contributed by atoms with Gasteiger partial charge in [-0.1, -0.05) is 41.4 Å². The van der Waals surface area contributed by atoms with Crippen LogP contribution in [0.4, 0.5) is 19.0 Å². The number of likely N-dealkylation sites (tertiary alicyclic amines) is 1. The van der Waals surface area contributed by atoms with Crippen molar-refractivity contribution in [2.75, 3.05) is 19.0 Å². The summed E-state index contributed by atoms with van der Waals surface area (Å²) in [5.41, 5.74) is 1.14. The van der Waals surface area contributed by atoms with Crippen LogP contribution in [0.25, 0.3) is 0 Å². The first kappa shape index (κ1) is 25.5. The second-order valence-corrected chi connectivity index (χ2v) is 9.84. The zero-order valence-electron chi connectivity index (χ0n) is 19.9. The standard InChI is InChI=1S/C26H23Cl2F3N4O2/c1-14-23(25(36)34-11-3-4-20(34)15-5-8-17(37-2)9-6-15)24(16-7-10-18(27)19(28)12-16)35-22(32-14)13-21(33-35)26(29,30)31/h5-10,12-13,20,24,32H,3-4,11H2,1-2H3. The molecule has 5 rings (SSSR count). The number of allylic oxidation sites excluding steroid dienone is 1. The molecule has 0 radical (unpaired) electrons. The number of benzene rings is 2. The first-order chi connectivity index (χ1) is 17.6. The second-order valence-electron chi connectivity index (χ2n) is 9.03. The summed E-state index contributed by atoms with van der Waals surface area (Å²) in [6.07, 6.45) is -3.09. The average Bonchev–Trinajstić information content (AvgIpc) is 3.52. The number of carbonyl (C=O) groups excluding carboxylic acids is 1. The third kappa shape index (κ3) is 4.66. The van der Waals surface area contributed by atoms with Crippen LogP contribution < -0.4 is 10.1 Å². The zero-order valence-corrected chi connectivity index (χ0v) is 21.5. The summed E-state index contributed by atoms with van der Waals surface area (Å²) < 4.78 is 47.2. The van der Waals surface area contributed by atoms with Gasteiger partial charge in [0.25, 0.3) is 5.91 Å². The number of halogens is 5. The Morgan fingerprint density at radius 2 is 1.78 bits per heavy atom. The molecule has 0 bridgehead atoms. The van der Waals surface area contributed by atoms with Crippen LogP contribution in [0.3, 0.4) is 0 Å². The Hall–Kier alpha value is -3.17. The molecular formula is C26H23Cl2F3N4O2. The number of anilines is 1. The fourth-order valence-electron chi connectivity index (χ4n) is 5.01. The van der Waals surface area contributed by atoms with Crippen LogP contribution in [-0.4, -0.2) is 34.2 Å². The first-order valence-electron chi connectivity index (χ1n) is 11.6. The molecule has 11 heteroatoms. The predicted octanol–water partition coefficient (Wildman–Crippen LogP) is 6.87. The van der Waals surface area contributed by atoms with Crippen LogP contribution in [0.5, 0.6) is 5.75 Å². The van der Waals surface area contributed by atoms with Crippen LogP contribution in [0.1, 0.15) is 48.7 Å². The van der Waals surface area contributed by atoms with Crippen molar-refractivity contribution < 1.29 is 22.7 Å². The van der Waals surface area contributed by atoms with E-state index in [1.807, 2.05) is 24.3 Å². The summed E-state index contributed by atoms with van der Waals surface area (Å²) in [6.45, 7) is 2.19. The lowest BCUT2D eigenvalue weighted by atomic mass is 9.93. The number of fused-ring (bicyclic) bond motifs is 1. The van der Waals surface area contributed by atoms with E-state index in [-0.39, 0.29) is 22.8 Å². The number of amides is 1. The lowest BCUT2D eigenvalue weighted by Crippen LogP contribution is -2.38. The Morgan fingerprint density at radius 3 is 2.43 bits per heavy atom. The van der Waals surface area contributed by atoms with E-state index in [1.165, 1.54) is 4.68 Å². The first-order valence-corrected chi connectivity index (χ1v) is 12.4. The van der Waals surface area contributed by atoms with Gasteiger partial charge in [0.15, 0.2) is 5.69 Å². The normalized spacial score (nSPS) is 19.6. The van der Waals surface area contributed by atoms with Crippen molar-refractivity contribution in [2.45, 2.75) is 38.0 Å². The highest BCUT2D eigenvalue weighted by Gasteiger charge is 2.42. The number of alkyl halides is 3.